The molecule has 1 saturated heterocycles. The fourth-order valence-electron chi connectivity index (χ4n) is 1.84. The molecule has 1 atom stereocenters. The first-order valence-corrected chi connectivity index (χ1v) is 6.53. The van der Waals surface area contributed by atoms with Gasteiger partial charge >= 0.3 is 0 Å². The maximum Gasteiger partial charge on any atom is 0.183 e. The van der Waals surface area contributed by atoms with Crippen molar-refractivity contribution in [2.75, 3.05) is 25.1 Å². The van der Waals surface area contributed by atoms with Crippen molar-refractivity contribution in [3.63, 3.8) is 0 Å². The van der Waals surface area contributed by atoms with Gasteiger partial charge in [-0.1, -0.05) is 6.07 Å². The van der Waals surface area contributed by atoms with Crippen LogP contribution in [0.3, 0.4) is 0 Å². The van der Waals surface area contributed by atoms with Gasteiger partial charge in [0.25, 0.3) is 0 Å². The molecule has 1 fully saturated rings. The first-order valence-electron chi connectivity index (χ1n) is 5.37. The minimum absolute atomic E-state index is 0.149. The molecule has 0 aliphatic carbocycles. The molecule has 0 radical (unpaired) electrons. The Kier molecular flexibility index (Phi) is 3.79. The first kappa shape index (κ1) is 12.5. The Morgan fingerprint density at radius 3 is 2.94 bits per heavy atom. The van der Waals surface area contributed by atoms with Gasteiger partial charge in [-0.15, -0.1) is 0 Å². The van der Waals surface area contributed by atoms with E-state index in [-0.39, 0.29) is 17.4 Å². The van der Waals surface area contributed by atoms with Crippen molar-refractivity contribution in [3.05, 3.63) is 35.4 Å². The van der Waals surface area contributed by atoms with E-state index in [0.717, 1.165) is 18.4 Å². The van der Waals surface area contributed by atoms with Crippen LogP contribution in [0.2, 0.25) is 0 Å². The summed E-state index contributed by atoms with van der Waals surface area (Å²) in [7, 11) is 1.83. The van der Waals surface area contributed by atoms with Crippen LogP contribution in [0.4, 0.5) is 8.78 Å². The summed E-state index contributed by atoms with van der Waals surface area (Å²) in [4.78, 5) is 14.0. The number of carbonyl (C=O) groups excluding carboxylic acids is 1. The SMILES string of the molecule is CN1CCSCC1C(=O)c1cccc(F)c1F. The van der Waals surface area contributed by atoms with Crippen molar-refractivity contribution in [1.82, 2.24) is 4.90 Å². The quantitative estimate of drug-likeness (QED) is 0.758. The molecule has 2 nitrogen and oxygen atoms in total. The minimum atomic E-state index is -1.04. The monoisotopic (exact) mass is 257 g/mol. The number of benzene rings is 1. The molecule has 1 aliphatic rings. The van der Waals surface area contributed by atoms with Gasteiger partial charge in [0.1, 0.15) is 0 Å². The summed E-state index contributed by atoms with van der Waals surface area (Å²) in [6, 6.07) is 3.37. The zero-order chi connectivity index (χ0) is 12.4. The Balaban J connectivity index is 2.27. The third-order valence-electron chi connectivity index (χ3n) is 2.92. The summed E-state index contributed by atoms with van der Waals surface area (Å²) in [5.74, 6) is -0.753. The zero-order valence-electron chi connectivity index (χ0n) is 9.45. The topological polar surface area (TPSA) is 20.3 Å². The summed E-state index contributed by atoms with van der Waals surface area (Å²) in [6.45, 7) is 0.790. The molecule has 1 aromatic carbocycles. The molecule has 1 aromatic rings. The summed E-state index contributed by atoms with van der Waals surface area (Å²) < 4.78 is 26.6. The Morgan fingerprint density at radius 2 is 2.24 bits per heavy atom. The van der Waals surface area contributed by atoms with Crippen LogP contribution in [-0.4, -0.2) is 41.8 Å². The van der Waals surface area contributed by atoms with Gasteiger partial charge in [-0.3, -0.25) is 9.69 Å². The van der Waals surface area contributed by atoms with Gasteiger partial charge in [-0.2, -0.15) is 11.8 Å². The number of ketones is 1. The van der Waals surface area contributed by atoms with Crippen molar-refractivity contribution in [1.29, 1.82) is 0 Å². The number of rotatable bonds is 2. The first-order chi connectivity index (χ1) is 8.11. The Labute approximate surface area is 103 Å². The van der Waals surface area contributed by atoms with Gasteiger partial charge in [0.2, 0.25) is 0 Å². The van der Waals surface area contributed by atoms with Crippen LogP contribution in [0.15, 0.2) is 18.2 Å². The van der Waals surface area contributed by atoms with Crippen LogP contribution in [0.25, 0.3) is 0 Å². The fraction of sp³-hybridized carbons (Fsp3) is 0.417. The number of hydrogen-bond acceptors (Lipinski definition) is 3. The number of thioether (sulfide) groups is 1. The predicted octanol–water partition coefficient (Wildman–Crippen LogP) is 2.19. The van der Waals surface area contributed by atoms with Gasteiger partial charge < -0.3 is 0 Å². The molecule has 5 heteroatoms. The van der Waals surface area contributed by atoms with Crippen LogP contribution in [-0.2, 0) is 0 Å². The second kappa shape index (κ2) is 5.14. The molecular weight excluding hydrogens is 244 g/mol. The molecule has 0 spiro atoms. The van der Waals surface area contributed by atoms with Crippen molar-refractivity contribution in [2.24, 2.45) is 0 Å². The van der Waals surface area contributed by atoms with Gasteiger partial charge in [-0.25, -0.2) is 8.78 Å². The molecule has 0 aromatic heterocycles. The van der Waals surface area contributed by atoms with Crippen LogP contribution >= 0.6 is 11.8 Å². The van der Waals surface area contributed by atoms with Crippen molar-refractivity contribution < 1.29 is 13.6 Å². The highest BCUT2D eigenvalue weighted by Crippen LogP contribution is 2.21. The van der Waals surface area contributed by atoms with E-state index in [1.807, 2.05) is 11.9 Å². The lowest BCUT2D eigenvalue weighted by molar-refractivity contribution is 0.0869. The van der Waals surface area contributed by atoms with E-state index in [4.69, 9.17) is 0 Å². The number of likely N-dealkylation sites (N-methyl/N-ethyl adjacent to an activating group) is 1. The smallest absolute Gasteiger partial charge is 0.183 e. The van der Waals surface area contributed by atoms with E-state index in [2.05, 4.69) is 0 Å². The average molecular weight is 257 g/mol. The third kappa shape index (κ3) is 2.50. The van der Waals surface area contributed by atoms with Gasteiger partial charge in [-0.05, 0) is 19.2 Å². The summed E-state index contributed by atoms with van der Waals surface area (Å²) in [6.07, 6.45) is 0. The highest BCUT2D eigenvalue weighted by atomic mass is 32.2. The Hall–Kier alpha value is -0.940. The zero-order valence-corrected chi connectivity index (χ0v) is 10.3. The molecule has 0 bridgehead atoms. The molecule has 0 amide bonds. The second-order valence-electron chi connectivity index (χ2n) is 4.04. The number of halogens is 2. The fourth-order valence-corrected chi connectivity index (χ4v) is 3.05. The maximum absolute atomic E-state index is 13.5. The van der Waals surface area contributed by atoms with E-state index in [0.29, 0.717) is 5.75 Å². The van der Waals surface area contributed by atoms with Crippen LogP contribution in [0.5, 0.6) is 0 Å². The number of carbonyl (C=O) groups is 1. The van der Waals surface area contributed by atoms with E-state index in [9.17, 15) is 13.6 Å². The van der Waals surface area contributed by atoms with E-state index in [1.165, 1.54) is 12.1 Å². The number of nitrogens with zero attached hydrogens (tertiary/aromatic N) is 1. The lowest BCUT2D eigenvalue weighted by Crippen LogP contribution is -2.45. The molecule has 1 unspecified atom stereocenters. The van der Waals surface area contributed by atoms with Crippen molar-refractivity contribution in [2.45, 2.75) is 6.04 Å². The maximum atomic E-state index is 13.5. The molecule has 0 saturated carbocycles. The van der Waals surface area contributed by atoms with Crippen LogP contribution in [0, 0.1) is 11.6 Å². The normalized spacial score (nSPS) is 21.5. The highest BCUT2D eigenvalue weighted by molar-refractivity contribution is 7.99. The standard InChI is InChI=1S/C12H13F2NOS/c1-15-5-6-17-7-10(15)12(16)8-3-2-4-9(13)11(8)14/h2-4,10H,5-7H2,1H3. The molecule has 0 N–H and O–H groups in total. The predicted molar refractivity (Wildman–Crippen MR) is 64.4 cm³/mol. The molecule has 17 heavy (non-hydrogen) atoms. The third-order valence-corrected chi connectivity index (χ3v) is 3.94. The molecule has 2 rings (SSSR count). The van der Waals surface area contributed by atoms with E-state index in [1.54, 1.807) is 11.8 Å². The molecule has 92 valence electrons. The molecular formula is C12H13F2NOS. The Bertz CT molecular complexity index is 439. The second-order valence-corrected chi connectivity index (χ2v) is 5.19. The number of Topliss-reactive ketones (excluding diaryl/α,β-unsaturated/α-hetero) is 1. The van der Waals surface area contributed by atoms with Gasteiger partial charge in [0.05, 0.1) is 11.6 Å². The summed E-state index contributed by atoms with van der Waals surface area (Å²) >= 11 is 1.66. The van der Waals surface area contributed by atoms with Crippen molar-refractivity contribution >= 4 is 17.5 Å². The van der Waals surface area contributed by atoms with E-state index >= 15 is 0 Å². The highest BCUT2D eigenvalue weighted by Gasteiger charge is 2.29. The largest absolute Gasteiger partial charge is 0.295 e. The average Bonchev–Trinajstić information content (AvgIpc) is 2.32. The van der Waals surface area contributed by atoms with Gasteiger partial charge in [0, 0.05) is 18.1 Å². The number of hydrogen-bond donors (Lipinski definition) is 0. The lowest BCUT2D eigenvalue weighted by Gasteiger charge is -2.30. The van der Waals surface area contributed by atoms with Crippen LogP contribution in [0.1, 0.15) is 10.4 Å². The van der Waals surface area contributed by atoms with Gasteiger partial charge in [0.15, 0.2) is 17.4 Å². The summed E-state index contributed by atoms with van der Waals surface area (Å²) in [5.41, 5.74) is -0.149. The Morgan fingerprint density at radius 1 is 1.47 bits per heavy atom. The van der Waals surface area contributed by atoms with E-state index < -0.39 is 11.6 Å². The summed E-state index contributed by atoms with van der Waals surface area (Å²) in [5, 5.41) is 0. The van der Waals surface area contributed by atoms with Crippen LogP contribution < -0.4 is 0 Å². The minimum Gasteiger partial charge on any atom is -0.295 e. The molecule has 1 aliphatic heterocycles. The van der Waals surface area contributed by atoms with Crippen molar-refractivity contribution in [3.8, 4) is 0 Å². The molecule has 1 heterocycles. The lowest BCUT2D eigenvalue weighted by atomic mass is 10.0.